The third kappa shape index (κ3) is 3.81. The van der Waals surface area contributed by atoms with Gasteiger partial charge in [0.05, 0.1) is 18.9 Å². The van der Waals surface area contributed by atoms with E-state index in [1.165, 1.54) is 0 Å². The Morgan fingerprint density at radius 3 is 2.33 bits per heavy atom. The predicted molar refractivity (Wildman–Crippen MR) is 65.1 cm³/mol. The maximum absolute atomic E-state index is 8.72. The van der Waals surface area contributed by atoms with Gasteiger partial charge in [0.15, 0.2) is 0 Å². The Labute approximate surface area is 104 Å². The molecule has 0 radical (unpaired) electrons. The fraction of sp³-hybridized carbons (Fsp3) is 0.455. The SMILES string of the molecule is Cc1cc(N=[N+]=[N-])c(OCCO)cc1OCCO. The molecule has 7 heteroatoms. The van der Waals surface area contributed by atoms with Crippen molar-refractivity contribution in [2.24, 2.45) is 5.11 Å². The molecule has 0 unspecified atom stereocenters. The molecular formula is C11H15N3O4. The van der Waals surface area contributed by atoms with Crippen molar-refractivity contribution < 1.29 is 19.7 Å². The number of aliphatic hydroxyl groups is 2. The van der Waals surface area contributed by atoms with Gasteiger partial charge in [0.2, 0.25) is 0 Å². The molecule has 7 nitrogen and oxygen atoms in total. The Hall–Kier alpha value is -1.95. The van der Waals surface area contributed by atoms with Crippen molar-refractivity contribution in [2.75, 3.05) is 26.4 Å². The first-order valence-electron chi connectivity index (χ1n) is 5.40. The Kier molecular flexibility index (Phi) is 5.79. The number of rotatable bonds is 7. The van der Waals surface area contributed by atoms with Gasteiger partial charge in [-0.05, 0) is 24.1 Å². The van der Waals surface area contributed by atoms with Gasteiger partial charge >= 0.3 is 0 Å². The zero-order valence-corrected chi connectivity index (χ0v) is 10.0. The number of aryl methyl sites for hydroxylation is 1. The van der Waals surface area contributed by atoms with Gasteiger partial charge in [-0.1, -0.05) is 5.11 Å². The predicted octanol–water partition coefficient (Wildman–Crippen LogP) is 1.68. The van der Waals surface area contributed by atoms with Gasteiger partial charge in [0.25, 0.3) is 0 Å². The molecule has 0 amide bonds. The fourth-order valence-electron chi connectivity index (χ4n) is 1.36. The van der Waals surface area contributed by atoms with Crippen molar-refractivity contribution in [1.29, 1.82) is 0 Å². The molecule has 1 aromatic rings. The monoisotopic (exact) mass is 253 g/mol. The summed E-state index contributed by atoms with van der Waals surface area (Å²) in [6.07, 6.45) is 0. The van der Waals surface area contributed by atoms with Crippen molar-refractivity contribution >= 4 is 5.69 Å². The maximum Gasteiger partial charge on any atom is 0.132 e. The number of ether oxygens (including phenoxy) is 2. The van der Waals surface area contributed by atoms with Crippen LogP contribution in [-0.4, -0.2) is 36.6 Å². The van der Waals surface area contributed by atoms with E-state index in [9.17, 15) is 0 Å². The van der Waals surface area contributed by atoms with Crippen LogP contribution in [0, 0.1) is 6.92 Å². The highest BCUT2D eigenvalue weighted by Gasteiger charge is 2.08. The molecule has 0 aliphatic carbocycles. The second kappa shape index (κ2) is 7.39. The van der Waals surface area contributed by atoms with Gasteiger partial charge < -0.3 is 19.7 Å². The molecular weight excluding hydrogens is 238 g/mol. The fourth-order valence-corrected chi connectivity index (χ4v) is 1.36. The van der Waals surface area contributed by atoms with Crippen molar-refractivity contribution in [3.63, 3.8) is 0 Å². The van der Waals surface area contributed by atoms with Crippen LogP contribution in [0.4, 0.5) is 5.69 Å². The molecule has 0 aliphatic rings. The van der Waals surface area contributed by atoms with E-state index >= 15 is 0 Å². The van der Waals surface area contributed by atoms with E-state index in [0.717, 1.165) is 5.56 Å². The zero-order chi connectivity index (χ0) is 13.4. The minimum absolute atomic E-state index is 0.0929. The summed E-state index contributed by atoms with van der Waals surface area (Å²) in [4.78, 5) is 2.71. The summed E-state index contributed by atoms with van der Waals surface area (Å²) < 4.78 is 10.6. The third-order valence-electron chi connectivity index (χ3n) is 2.11. The highest BCUT2D eigenvalue weighted by atomic mass is 16.5. The van der Waals surface area contributed by atoms with Crippen LogP contribution in [0.15, 0.2) is 17.2 Å². The average Bonchev–Trinajstić information content (AvgIpc) is 2.37. The second-order valence-electron chi connectivity index (χ2n) is 3.42. The Bertz CT molecular complexity index is 444. The summed E-state index contributed by atoms with van der Waals surface area (Å²) in [6, 6.07) is 3.20. The molecule has 0 spiro atoms. The van der Waals surface area contributed by atoms with E-state index in [1.54, 1.807) is 19.1 Å². The Morgan fingerprint density at radius 2 is 1.78 bits per heavy atom. The quantitative estimate of drug-likeness (QED) is 0.437. The van der Waals surface area contributed by atoms with Crippen molar-refractivity contribution in [3.05, 3.63) is 28.1 Å². The second-order valence-corrected chi connectivity index (χ2v) is 3.42. The summed E-state index contributed by atoms with van der Waals surface area (Å²) in [7, 11) is 0. The number of hydrogen-bond donors (Lipinski definition) is 2. The highest BCUT2D eigenvalue weighted by Crippen LogP contribution is 2.35. The first-order valence-corrected chi connectivity index (χ1v) is 5.40. The number of hydrogen-bond acceptors (Lipinski definition) is 5. The third-order valence-corrected chi connectivity index (χ3v) is 2.11. The lowest BCUT2D eigenvalue weighted by Gasteiger charge is -2.13. The van der Waals surface area contributed by atoms with Crippen molar-refractivity contribution in [1.82, 2.24) is 0 Å². The number of benzene rings is 1. The number of nitrogens with zero attached hydrogens (tertiary/aromatic N) is 3. The van der Waals surface area contributed by atoms with E-state index in [2.05, 4.69) is 10.0 Å². The summed E-state index contributed by atoms with van der Waals surface area (Å²) in [5.74, 6) is 0.870. The molecule has 0 atom stereocenters. The van der Waals surface area contributed by atoms with Crippen LogP contribution in [0.1, 0.15) is 5.56 Å². The zero-order valence-electron chi connectivity index (χ0n) is 10.0. The van der Waals surface area contributed by atoms with E-state index in [-0.39, 0.29) is 26.4 Å². The van der Waals surface area contributed by atoms with Gasteiger partial charge in [0, 0.05) is 11.0 Å². The van der Waals surface area contributed by atoms with Crippen LogP contribution in [0.2, 0.25) is 0 Å². The average molecular weight is 253 g/mol. The summed E-state index contributed by atoms with van der Waals surface area (Å²) in [6.45, 7) is 1.82. The highest BCUT2D eigenvalue weighted by molar-refractivity contribution is 5.58. The molecule has 0 heterocycles. The first kappa shape index (κ1) is 14.1. The van der Waals surface area contributed by atoms with E-state index in [4.69, 9.17) is 25.2 Å². The molecule has 18 heavy (non-hydrogen) atoms. The van der Waals surface area contributed by atoms with Gasteiger partial charge in [-0.25, -0.2) is 0 Å². The van der Waals surface area contributed by atoms with Crippen LogP contribution < -0.4 is 9.47 Å². The summed E-state index contributed by atoms with van der Waals surface area (Å²) >= 11 is 0. The molecule has 0 aliphatic heterocycles. The van der Waals surface area contributed by atoms with Crippen LogP contribution >= 0.6 is 0 Å². The maximum atomic E-state index is 8.72. The standard InChI is InChI=1S/C11H15N3O4/c1-8-6-9(13-14-12)11(18-5-3-16)7-10(8)17-4-2-15/h6-7,15-16H,2-5H2,1H3. The van der Waals surface area contributed by atoms with Crippen molar-refractivity contribution in [3.8, 4) is 11.5 Å². The molecule has 1 aromatic carbocycles. The van der Waals surface area contributed by atoms with Gasteiger partial charge in [-0.3, -0.25) is 0 Å². The van der Waals surface area contributed by atoms with E-state index in [1.807, 2.05) is 0 Å². The molecule has 0 saturated heterocycles. The first-order chi connectivity index (χ1) is 8.72. The Morgan fingerprint density at radius 1 is 1.17 bits per heavy atom. The molecule has 0 saturated carbocycles. The number of azide groups is 1. The lowest BCUT2D eigenvalue weighted by atomic mass is 10.2. The topological polar surface area (TPSA) is 108 Å². The van der Waals surface area contributed by atoms with Gasteiger partial charge in [-0.2, -0.15) is 0 Å². The summed E-state index contributed by atoms with van der Waals surface area (Å²) in [5, 5.41) is 20.9. The van der Waals surface area contributed by atoms with Crippen LogP contribution in [0.3, 0.4) is 0 Å². The molecule has 1 rings (SSSR count). The van der Waals surface area contributed by atoms with Crippen LogP contribution in [-0.2, 0) is 0 Å². The van der Waals surface area contributed by atoms with E-state index < -0.39 is 0 Å². The van der Waals surface area contributed by atoms with Gasteiger partial charge in [0.1, 0.15) is 24.7 Å². The summed E-state index contributed by atoms with van der Waals surface area (Å²) in [5.41, 5.74) is 9.56. The van der Waals surface area contributed by atoms with E-state index in [0.29, 0.717) is 17.2 Å². The molecule has 98 valence electrons. The molecule has 0 aromatic heterocycles. The minimum atomic E-state index is -0.142. The molecule has 0 fully saturated rings. The Balaban J connectivity index is 3.04. The lowest BCUT2D eigenvalue weighted by molar-refractivity contribution is 0.194. The van der Waals surface area contributed by atoms with Crippen LogP contribution in [0.25, 0.3) is 10.4 Å². The van der Waals surface area contributed by atoms with Gasteiger partial charge in [-0.15, -0.1) is 0 Å². The normalized spacial score (nSPS) is 9.72. The number of aliphatic hydroxyl groups excluding tert-OH is 2. The minimum Gasteiger partial charge on any atom is -0.491 e. The van der Waals surface area contributed by atoms with Crippen LogP contribution in [0.5, 0.6) is 11.5 Å². The largest absolute Gasteiger partial charge is 0.491 e. The molecule has 2 N–H and O–H groups in total. The lowest BCUT2D eigenvalue weighted by Crippen LogP contribution is -2.05. The van der Waals surface area contributed by atoms with Crippen molar-refractivity contribution in [2.45, 2.75) is 6.92 Å². The smallest absolute Gasteiger partial charge is 0.132 e. The molecule has 0 bridgehead atoms.